The van der Waals surface area contributed by atoms with Gasteiger partial charge in [0, 0.05) is 35.9 Å². The Labute approximate surface area is 237 Å². The highest BCUT2D eigenvalue weighted by Crippen LogP contribution is 2.21. The number of carbonyl (C=O) groups excluding carboxylic acids is 2. The predicted octanol–water partition coefficient (Wildman–Crippen LogP) is 5.73. The van der Waals surface area contributed by atoms with Gasteiger partial charge in [0.1, 0.15) is 0 Å². The number of aromatic nitrogens is 2. The number of nitrogens with one attached hydrogen (secondary N) is 2. The van der Waals surface area contributed by atoms with Gasteiger partial charge in [-0.25, -0.2) is 0 Å². The molecule has 2 aromatic heterocycles. The highest BCUT2D eigenvalue weighted by molar-refractivity contribution is 6.05. The Kier molecular flexibility index (Phi) is 11.1. The maximum atomic E-state index is 13.1. The molecule has 2 N–H and O–H groups in total. The second-order valence-electron chi connectivity index (χ2n) is 9.84. The molecule has 0 aliphatic carbocycles. The van der Waals surface area contributed by atoms with Gasteiger partial charge in [-0.05, 0) is 82.8 Å². The van der Waals surface area contributed by atoms with Crippen LogP contribution in [-0.2, 0) is 4.79 Å². The van der Waals surface area contributed by atoms with E-state index in [-0.39, 0.29) is 11.8 Å². The molecule has 0 saturated carbocycles. The monoisotopic (exact) mass is 538 g/mol. The van der Waals surface area contributed by atoms with E-state index < -0.39 is 0 Å². The van der Waals surface area contributed by atoms with Crippen LogP contribution in [0.25, 0.3) is 6.08 Å². The lowest BCUT2D eigenvalue weighted by Crippen LogP contribution is -2.35. The zero-order valence-corrected chi connectivity index (χ0v) is 24.0. The minimum absolute atomic E-state index is 0.0969. The normalized spacial score (nSPS) is 16.0. The van der Waals surface area contributed by atoms with E-state index in [1.807, 2.05) is 26.8 Å². The van der Waals surface area contributed by atoms with Gasteiger partial charge in [-0.15, -0.1) is 0 Å². The van der Waals surface area contributed by atoms with Gasteiger partial charge in [0.2, 0.25) is 5.91 Å². The fourth-order valence-electron chi connectivity index (χ4n) is 4.21. The van der Waals surface area contributed by atoms with Crippen molar-refractivity contribution < 1.29 is 9.59 Å². The summed E-state index contributed by atoms with van der Waals surface area (Å²) in [5.41, 5.74) is 5.43. The molecule has 0 aromatic carbocycles. The lowest BCUT2D eigenvalue weighted by atomic mass is 10.1. The van der Waals surface area contributed by atoms with Gasteiger partial charge < -0.3 is 10.6 Å². The molecule has 0 bridgehead atoms. The molecule has 0 radical (unpaired) electrons. The first-order valence-corrected chi connectivity index (χ1v) is 13.5. The molecule has 3 heterocycles. The van der Waals surface area contributed by atoms with Crippen LogP contribution >= 0.6 is 0 Å². The van der Waals surface area contributed by atoms with Crippen molar-refractivity contribution in [3.05, 3.63) is 77.0 Å². The minimum Gasteiger partial charge on any atom is -0.324 e. The van der Waals surface area contributed by atoms with Crippen molar-refractivity contribution in [3.63, 3.8) is 0 Å². The van der Waals surface area contributed by atoms with Crippen LogP contribution in [-0.4, -0.2) is 52.0 Å². The summed E-state index contributed by atoms with van der Waals surface area (Å²) in [4.78, 5) is 40.8. The smallest absolute Gasteiger partial charge is 0.257 e. The summed E-state index contributed by atoms with van der Waals surface area (Å²) in [7, 11) is 0. The summed E-state index contributed by atoms with van der Waals surface area (Å²) < 4.78 is 0. The third kappa shape index (κ3) is 8.85. The van der Waals surface area contributed by atoms with Gasteiger partial charge in [-0.2, -0.15) is 0 Å². The Bertz CT molecular complexity index is 1410. The molecule has 1 atom stereocenters. The van der Waals surface area contributed by atoms with Crippen molar-refractivity contribution in [1.82, 2.24) is 14.9 Å². The SMILES string of the molecule is C=CC=N/C=C(/C#C/C(C)=C/c1cc(C(=O)Nc2cc(NC(=O)CN3CCC[C@@H]3C)cnc2C)cnc1C)CC. The van der Waals surface area contributed by atoms with Crippen molar-refractivity contribution in [2.24, 2.45) is 4.99 Å². The third-order valence-electron chi connectivity index (χ3n) is 6.64. The van der Waals surface area contributed by atoms with Crippen molar-refractivity contribution in [2.75, 3.05) is 23.7 Å². The van der Waals surface area contributed by atoms with Gasteiger partial charge in [-0.3, -0.25) is 29.4 Å². The minimum atomic E-state index is -0.318. The Hall–Kier alpha value is -4.35. The number of pyridine rings is 2. The van der Waals surface area contributed by atoms with E-state index >= 15 is 0 Å². The Morgan fingerprint density at radius 2 is 1.95 bits per heavy atom. The fourth-order valence-corrected chi connectivity index (χ4v) is 4.21. The van der Waals surface area contributed by atoms with Crippen LogP contribution in [0.5, 0.6) is 0 Å². The first-order valence-electron chi connectivity index (χ1n) is 13.5. The first kappa shape index (κ1) is 30.2. The summed E-state index contributed by atoms with van der Waals surface area (Å²) in [6, 6.07) is 3.92. The molecule has 1 aliphatic rings. The number of nitrogens with zero attached hydrogens (tertiary/aromatic N) is 4. The molecule has 2 aromatic rings. The van der Waals surface area contributed by atoms with Crippen molar-refractivity contribution in [3.8, 4) is 11.8 Å². The summed E-state index contributed by atoms with van der Waals surface area (Å²) in [6.45, 7) is 14.6. The number of aliphatic imine (C=N–C) groups is 1. The largest absolute Gasteiger partial charge is 0.324 e. The number of carbonyl (C=O) groups is 2. The van der Waals surface area contributed by atoms with Crippen LogP contribution in [0.3, 0.4) is 0 Å². The highest BCUT2D eigenvalue weighted by atomic mass is 16.2. The van der Waals surface area contributed by atoms with Gasteiger partial charge in [-0.1, -0.05) is 31.4 Å². The van der Waals surface area contributed by atoms with E-state index in [0.717, 1.165) is 48.2 Å². The zero-order valence-electron chi connectivity index (χ0n) is 24.0. The molecule has 0 spiro atoms. The zero-order chi connectivity index (χ0) is 29.1. The van der Waals surface area contributed by atoms with E-state index in [4.69, 9.17) is 0 Å². The van der Waals surface area contributed by atoms with Crippen LogP contribution in [0, 0.1) is 25.7 Å². The summed E-state index contributed by atoms with van der Waals surface area (Å²) in [5.74, 6) is 5.87. The Balaban J connectivity index is 1.72. The summed E-state index contributed by atoms with van der Waals surface area (Å²) in [6.07, 6.45) is 13.0. The van der Waals surface area contributed by atoms with Crippen molar-refractivity contribution in [2.45, 2.75) is 59.9 Å². The van der Waals surface area contributed by atoms with Gasteiger partial charge in [0.25, 0.3) is 5.91 Å². The second-order valence-corrected chi connectivity index (χ2v) is 9.84. The quantitative estimate of drug-likeness (QED) is 0.314. The molecule has 8 heteroatoms. The van der Waals surface area contributed by atoms with E-state index in [9.17, 15) is 9.59 Å². The highest BCUT2D eigenvalue weighted by Gasteiger charge is 2.22. The predicted molar refractivity (Wildman–Crippen MR) is 163 cm³/mol. The number of allylic oxidation sites excluding steroid dienone is 3. The molecule has 40 heavy (non-hydrogen) atoms. The number of aryl methyl sites for hydroxylation is 2. The third-order valence-corrected chi connectivity index (χ3v) is 6.64. The Morgan fingerprint density at radius 1 is 1.18 bits per heavy atom. The molecule has 2 amide bonds. The van der Waals surface area contributed by atoms with Crippen LogP contribution in [0.15, 0.2) is 59.5 Å². The molecule has 1 aliphatic heterocycles. The van der Waals surface area contributed by atoms with Crippen LogP contribution in [0.2, 0.25) is 0 Å². The van der Waals surface area contributed by atoms with E-state index in [0.29, 0.717) is 35.2 Å². The molecule has 0 unspecified atom stereocenters. The summed E-state index contributed by atoms with van der Waals surface area (Å²) >= 11 is 0. The van der Waals surface area contributed by atoms with Crippen LogP contribution in [0.4, 0.5) is 11.4 Å². The number of anilines is 2. The van der Waals surface area contributed by atoms with Gasteiger partial charge in [0.15, 0.2) is 0 Å². The average Bonchev–Trinajstić information content (AvgIpc) is 3.33. The number of rotatable bonds is 9. The van der Waals surface area contributed by atoms with Crippen LogP contribution < -0.4 is 10.6 Å². The molecular formula is C32H38N6O2. The van der Waals surface area contributed by atoms with Gasteiger partial charge >= 0.3 is 0 Å². The Morgan fingerprint density at radius 3 is 2.65 bits per heavy atom. The van der Waals surface area contributed by atoms with E-state index in [1.165, 1.54) is 0 Å². The standard InChI is InChI=1S/C32H38N6O2/c1-7-13-33-18-26(8-2)12-11-22(3)15-27-16-28(19-34-24(27)5)32(40)37-30-17-29(20-35-25(30)6)36-31(39)21-38-14-9-10-23(38)4/h7,13,15-20,23H,1,8-10,14,21H2,2-6H3,(H,36,39)(H,37,40)/b22-15+,26-18+,33-13?/t23-/m0/s1. The molecule has 8 nitrogen and oxygen atoms in total. The second kappa shape index (κ2) is 14.7. The first-order chi connectivity index (χ1) is 19.2. The molecule has 1 saturated heterocycles. The van der Waals surface area contributed by atoms with Gasteiger partial charge in [0.05, 0.1) is 35.4 Å². The molecular weight excluding hydrogens is 500 g/mol. The van der Waals surface area contributed by atoms with Crippen LogP contribution in [0.1, 0.15) is 67.3 Å². The molecule has 3 rings (SSSR count). The molecule has 1 fully saturated rings. The maximum Gasteiger partial charge on any atom is 0.257 e. The van der Waals surface area contributed by atoms with Crippen molar-refractivity contribution in [1.29, 1.82) is 0 Å². The van der Waals surface area contributed by atoms with Crippen molar-refractivity contribution >= 4 is 35.5 Å². The van der Waals surface area contributed by atoms with E-state index in [1.54, 1.807) is 49.9 Å². The summed E-state index contributed by atoms with van der Waals surface area (Å²) in [5, 5.41) is 5.82. The number of amides is 2. The fraction of sp³-hybridized carbons (Fsp3) is 0.344. The molecule has 208 valence electrons. The lowest BCUT2D eigenvalue weighted by Gasteiger charge is -2.20. The number of hydrogen-bond donors (Lipinski definition) is 2. The average molecular weight is 539 g/mol. The number of hydrogen-bond acceptors (Lipinski definition) is 6. The van der Waals surface area contributed by atoms with E-state index in [2.05, 4.69) is 55.8 Å². The lowest BCUT2D eigenvalue weighted by molar-refractivity contribution is -0.117. The number of likely N-dealkylation sites (tertiary alicyclic amines) is 1. The maximum absolute atomic E-state index is 13.1. The topological polar surface area (TPSA) is 99.6 Å².